The van der Waals surface area contributed by atoms with Crippen LogP contribution in [-0.4, -0.2) is 35.8 Å². The number of amides is 2. The van der Waals surface area contributed by atoms with E-state index in [-0.39, 0.29) is 23.8 Å². The molecule has 3 rings (SSSR count). The smallest absolute Gasteiger partial charge is 0.246 e. The summed E-state index contributed by atoms with van der Waals surface area (Å²) in [7, 11) is 0. The summed E-state index contributed by atoms with van der Waals surface area (Å²) in [6.07, 6.45) is 1.00. The van der Waals surface area contributed by atoms with E-state index in [1.807, 2.05) is 32.9 Å². The molecule has 1 aliphatic carbocycles. The lowest BCUT2D eigenvalue weighted by Gasteiger charge is -2.41. The van der Waals surface area contributed by atoms with Gasteiger partial charge in [-0.05, 0) is 23.0 Å². The topological polar surface area (TPSA) is 49.4 Å². The van der Waals surface area contributed by atoms with Gasteiger partial charge in [0.25, 0.3) is 0 Å². The molecule has 0 radical (unpaired) electrons. The van der Waals surface area contributed by atoms with Crippen LogP contribution in [-0.2, 0) is 16.0 Å². The average molecular weight is 286 g/mol. The van der Waals surface area contributed by atoms with E-state index in [2.05, 4.69) is 17.4 Å². The Morgan fingerprint density at radius 3 is 2.62 bits per heavy atom. The van der Waals surface area contributed by atoms with E-state index < -0.39 is 6.04 Å². The van der Waals surface area contributed by atoms with Crippen molar-refractivity contribution in [2.45, 2.75) is 39.2 Å². The van der Waals surface area contributed by atoms with Gasteiger partial charge in [-0.2, -0.15) is 0 Å². The molecule has 1 aliphatic heterocycles. The summed E-state index contributed by atoms with van der Waals surface area (Å²) >= 11 is 0. The molecule has 1 aromatic carbocycles. The Morgan fingerprint density at radius 2 is 1.95 bits per heavy atom. The van der Waals surface area contributed by atoms with Crippen LogP contribution in [0.15, 0.2) is 24.3 Å². The highest BCUT2D eigenvalue weighted by Gasteiger charge is 2.41. The SMILES string of the molecule is CC(C)(C)C1NC(=O)CN(CC2Cc3ccccc32)C1=O. The molecule has 4 heteroatoms. The molecule has 0 saturated carbocycles. The standard InChI is InChI=1S/C17H22N2O2/c1-17(2,3)15-16(21)19(10-14(20)18-15)9-12-8-11-6-4-5-7-13(11)12/h4-7,12,15H,8-10H2,1-3H3,(H,18,20). The number of benzene rings is 1. The summed E-state index contributed by atoms with van der Waals surface area (Å²) in [5.41, 5.74) is 2.43. The first-order valence-electron chi connectivity index (χ1n) is 7.52. The van der Waals surface area contributed by atoms with E-state index in [9.17, 15) is 9.59 Å². The summed E-state index contributed by atoms with van der Waals surface area (Å²) in [6, 6.07) is 7.92. The molecule has 112 valence electrons. The Balaban J connectivity index is 1.74. The third-order valence-electron chi connectivity index (χ3n) is 4.47. The third kappa shape index (κ3) is 2.55. The first kappa shape index (κ1) is 14.1. The summed E-state index contributed by atoms with van der Waals surface area (Å²) < 4.78 is 0. The Hall–Kier alpha value is -1.84. The van der Waals surface area contributed by atoms with Crippen molar-refractivity contribution in [3.05, 3.63) is 35.4 Å². The average Bonchev–Trinajstić information content (AvgIpc) is 2.38. The van der Waals surface area contributed by atoms with Gasteiger partial charge in [-0.1, -0.05) is 45.0 Å². The number of piperazine rings is 1. The van der Waals surface area contributed by atoms with Crippen molar-refractivity contribution in [3.63, 3.8) is 0 Å². The van der Waals surface area contributed by atoms with Gasteiger partial charge in [0.05, 0.1) is 6.54 Å². The van der Waals surface area contributed by atoms with Crippen molar-refractivity contribution in [2.75, 3.05) is 13.1 Å². The molecule has 0 aromatic heterocycles. The van der Waals surface area contributed by atoms with Crippen LogP contribution in [0.1, 0.15) is 37.8 Å². The summed E-state index contributed by atoms with van der Waals surface area (Å²) in [5, 5.41) is 2.83. The Morgan fingerprint density at radius 1 is 1.24 bits per heavy atom. The van der Waals surface area contributed by atoms with Crippen LogP contribution >= 0.6 is 0 Å². The molecule has 4 nitrogen and oxygen atoms in total. The molecule has 1 N–H and O–H groups in total. The minimum absolute atomic E-state index is 0.0477. The van der Waals surface area contributed by atoms with Crippen LogP contribution in [0.2, 0.25) is 0 Å². The van der Waals surface area contributed by atoms with Gasteiger partial charge < -0.3 is 10.2 Å². The number of hydrogen-bond acceptors (Lipinski definition) is 2. The zero-order chi connectivity index (χ0) is 15.2. The lowest BCUT2D eigenvalue weighted by molar-refractivity contribution is -0.147. The molecule has 1 heterocycles. The largest absolute Gasteiger partial charge is 0.342 e. The summed E-state index contributed by atoms with van der Waals surface area (Å²) in [4.78, 5) is 26.3. The van der Waals surface area contributed by atoms with Gasteiger partial charge in [0, 0.05) is 12.5 Å². The molecule has 0 spiro atoms. The quantitative estimate of drug-likeness (QED) is 0.899. The van der Waals surface area contributed by atoms with Crippen LogP contribution in [0.4, 0.5) is 0 Å². The van der Waals surface area contributed by atoms with Crippen LogP contribution in [0.3, 0.4) is 0 Å². The first-order valence-corrected chi connectivity index (χ1v) is 7.52. The van der Waals surface area contributed by atoms with Gasteiger partial charge in [0.1, 0.15) is 6.04 Å². The minimum atomic E-state index is -0.422. The predicted octanol–water partition coefficient (Wildman–Crippen LogP) is 1.70. The fraction of sp³-hybridized carbons (Fsp3) is 0.529. The van der Waals surface area contributed by atoms with Gasteiger partial charge in [-0.25, -0.2) is 0 Å². The maximum absolute atomic E-state index is 12.6. The lowest BCUT2D eigenvalue weighted by Crippen LogP contribution is -2.62. The second kappa shape index (κ2) is 4.86. The van der Waals surface area contributed by atoms with E-state index in [0.29, 0.717) is 12.5 Å². The van der Waals surface area contributed by atoms with Crippen LogP contribution in [0.25, 0.3) is 0 Å². The van der Waals surface area contributed by atoms with Crippen LogP contribution in [0.5, 0.6) is 0 Å². The fourth-order valence-corrected chi connectivity index (χ4v) is 3.24. The van der Waals surface area contributed by atoms with Crippen molar-refractivity contribution in [1.82, 2.24) is 10.2 Å². The highest BCUT2D eigenvalue weighted by atomic mass is 16.2. The monoisotopic (exact) mass is 286 g/mol. The molecular formula is C17H22N2O2. The predicted molar refractivity (Wildman–Crippen MR) is 80.9 cm³/mol. The number of fused-ring (bicyclic) bond motifs is 1. The van der Waals surface area contributed by atoms with E-state index >= 15 is 0 Å². The molecule has 1 fully saturated rings. The maximum atomic E-state index is 12.6. The molecule has 2 atom stereocenters. The summed E-state index contributed by atoms with van der Waals surface area (Å²) in [6.45, 7) is 6.79. The number of hydrogen-bond donors (Lipinski definition) is 1. The second-order valence-corrected chi connectivity index (χ2v) is 7.19. The third-order valence-corrected chi connectivity index (χ3v) is 4.47. The summed E-state index contributed by atoms with van der Waals surface area (Å²) in [5.74, 6) is 0.366. The van der Waals surface area contributed by atoms with Gasteiger partial charge in [0.2, 0.25) is 11.8 Å². The van der Waals surface area contributed by atoms with Gasteiger partial charge in [-0.3, -0.25) is 9.59 Å². The number of nitrogens with zero attached hydrogens (tertiary/aromatic N) is 1. The maximum Gasteiger partial charge on any atom is 0.246 e. The number of nitrogens with one attached hydrogen (secondary N) is 1. The normalized spacial score (nSPS) is 25.2. The second-order valence-electron chi connectivity index (χ2n) is 7.19. The fourth-order valence-electron chi connectivity index (χ4n) is 3.24. The minimum Gasteiger partial charge on any atom is -0.342 e. The van der Waals surface area contributed by atoms with Crippen molar-refractivity contribution < 1.29 is 9.59 Å². The van der Waals surface area contributed by atoms with Crippen molar-refractivity contribution in [3.8, 4) is 0 Å². The Labute approximate surface area is 125 Å². The zero-order valence-corrected chi connectivity index (χ0v) is 12.8. The molecule has 1 aromatic rings. The molecule has 21 heavy (non-hydrogen) atoms. The molecule has 2 amide bonds. The van der Waals surface area contributed by atoms with Gasteiger partial charge >= 0.3 is 0 Å². The van der Waals surface area contributed by atoms with E-state index in [4.69, 9.17) is 0 Å². The lowest BCUT2D eigenvalue weighted by atomic mass is 9.77. The number of rotatable bonds is 2. The number of carbonyl (C=O) groups is 2. The molecule has 2 unspecified atom stereocenters. The highest BCUT2D eigenvalue weighted by molar-refractivity contribution is 5.95. The van der Waals surface area contributed by atoms with Crippen molar-refractivity contribution in [1.29, 1.82) is 0 Å². The van der Waals surface area contributed by atoms with E-state index in [1.54, 1.807) is 4.90 Å². The highest BCUT2D eigenvalue weighted by Crippen LogP contribution is 2.36. The Kier molecular flexibility index (Phi) is 3.27. The molecule has 0 bridgehead atoms. The van der Waals surface area contributed by atoms with Crippen molar-refractivity contribution >= 4 is 11.8 Å². The van der Waals surface area contributed by atoms with E-state index in [1.165, 1.54) is 11.1 Å². The Bertz CT molecular complexity index is 589. The van der Waals surface area contributed by atoms with Gasteiger partial charge in [-0.15, -0.1) is 0 Å². The molecular weight excluding hydrogens is 264 g/mol. The van der Waals surface area contributed by atoms with E-state index in [0.717, 1.165) is 6.42 Å². The number of carbonyl (C=O) groups excluding carboxylic acids is 2. The van der Waals surface area contributed by atoms with Crippen LogP contribution < -0.4 is 5.32 Å². The van der Waals surface area contributed by atoms with Gasteiger partial charge in [0.15, 0.2) is 0 Å². The zero-order valence-electron chi connectivity index (χ0n) is 12.8. The van der Waals surface area contributed by atoms with Crippen molar-refractivity contribution in [2.24, 2.45) is 5.41 Å². The molecule has 1 saturated heterocycles. The van der Waals surface area contributed by atoms with Crippen LogP contribution in [0, 0.1) is 5.41 Å². The molecule has 2 aliphatic rings. The first-order chi connectivity index (χ1) is 9.86.